The Kier molecular flexibility index (Phi) is 7.50. The molecule has 0 aromatic heterocycles. The van der Waals surface area contributed by atoms with E-state index in [4.69, 9.17) is 9.47 Å². The Balaban J connectivity index is 1.34. The molecule has 0 saturated carbocycles. The van der Waals surface area contributed by atoms with Crippen LogP contribution in [0.2, 0.25) is 0 Å². The summed E-state index contributed by atoms with van der Waals surface area (Å²) in [6.07, 6.45) is 2.77. The number of piperidine rings is 1. The number of methoxy groups -OCH3 is 1. The number of carbonyl (C=O) groups is 2. The van der Waals surface area contributed by atoms with E-state index in [1.54, 1.807) is 36.3 Å². The highest BCUT2D eigenvalue weighted by atomic mass is 16.5. The van der Waals surface area contributed by atoms with Gasteiger partial charge in [0.1, 0.15) is 11.5 Å². The van der Waals surface area contributed by atoms with Crippen molar-refractivity contribution in [2.75, 3.05) is 26.8 Å². The fourth-order valence-electron chi connectivity index (χ4n) is 3.38. The van der Waals surface area contributed by atoms with Gasteiger partial charge in [0.05, 0.1) is 7.11 Å². The summed E-state index contributed by atoms with van der Waals surface area (Å²) in [4.78, 5) is 26.4. The molecule has 29 heavy (non-hydrogen) atoms. The minimum absolute atomic E-state index is 0.0143. The summed E-state index contributed by atoms with van der Waals surface area (Å²) in [5, 5.41) is 3.10. The molecule has 0 radical (unpaired) electrons. The van der Waals surface area contributed by atoms with Gasteiger partial charge in [-0.3, -0.25) is 9.59 Å². The van der Waals surface area contributed by atoms with E-state index in [0.717, 1.165) is 25.0 Å². The number of rotatable bonds is 8. The lowest BCUT2D eigenvalue weighted by atomic mass is 10.0. The maximum Gasteiger partial charge on any atom is 0.260 e. The van der Waals surface area contributed by atoms with E-state index in [0.29, 0.717) is 25.3 Å². The van der Waals surface area contributed by atoms with Gasteiger partial charge in [-0.05, 0) is 49.1 Å². The zero-order valence-electron chi connectivity index (χ0n) is 16.8. The van der Waals surface area contributed by atoms with E-state index in [1.807, 2.05) is 30.3 Å². The number of amides is 2. The predicted octanol–water partition coefficient (Wildman–Crippen LogP) is 2.81. The second-order valence-electron chi connectivity index (χ2n) is 7.17. The lowest BCUT2D eigenvalue weighted by molar-refractivity contribution is -0.134. The van der Waals surface area contributed by atoms with Crippen LogP contribution in [0.25, 0.3) is 0 Å². The minimum atomic E-state index is -0.0327. The van der Waals surface area contributed by atoms with Crippen LogP contribution in [0.15, 0.2) is 54.6 Å². The quantitative estimate of drug-likeness (QED) is 0.745. The van der Waals surface area contributed by atoms with Crippen molar-refractivity contribution in [2.24, 2.45) is 0 Å². The molecule has 2 aromatic carbocycles. The number of nitrogens with one attached hydrogen (secondary N) is 1. The largest absolute Gasteiger partial charge is 0.497 e. The molecule has 0 atom stereocenters. The van der Waals surface area contributed by atoms with Crippen LogP contribution in [0.5, 0.6) is 11.5 Å². The Hall–Kier alpha value is -3.02. The molecule has 1 aliphatic heterocycles. The number of ether oxygens (including phenoxy) is 2. The summed E-state index contributed by atoms with van der Waals surface area (Å²) in [6, 6.07) is 17.3. The van der Waals surface area contributed by atoms with E-state index < -0.39 is 0 Å². The van der Waals surface area contributed by atoms with Gasteiger partial charge in [-0.2, -0.15) is 0 Å². The lowest BCUT2D eigenvalue weighted by Gasteiger charge is -2.32. The van der Waals surface area contributed by atoms with Gasteiger partial charge in [-0.15, -0.1) is 0 Å². The summed E-state index contributed by atoms with van der Waals surface area (Å²) in [6.45, 7) is 1.28. The predicted molar refractivity (Wildman–Crippen MR) is 111 cm³/mol. The average Bonchev–Trinajstić information content (AvgIpc) is 2.77. The van der Waals surface area contributed by atoms with Gasteiger partial charge < -0.3 is 19.7 Å². The van der Waals surface area contributed by atoms with Crippen LogP contribution >= 0.6 is 0 Å². The molecule has 6 nitrogen and oxygen atoms in total. The van der Waals surface area contributed by atoms with Gasteiger partial charge in [0, 0.05) is 25.6 Å². The van der Waals surface area contributed by atoms with Crippen LogP contribution in [0.3, 0.4) is 0 Å². The number of nitrogens with zero attached hydrogens (tertiary/aromatic N) is 1. The van der Waals surface area contributed by atoms with E-state index in [1.165, 1.54) is 5.56 Å². The van der Waals surface area contributed by atoms with Gasteiger partial charge in [-0.25, -0.2) is 0 Å². The van der Waals surface area contributed by atoms with Crippen molar-refractivity contribution < 1.29 is 19.1 Å². The fourth-order valence-corrected chi connectivity index (χ4v) is 3.38. The van der Waals surface area contributed by atoms with Crippen molar-refractivity contribution in [3.8, 4) is 11.5 Å². The van der Waals surface area contributed by atoms with Gasteiger partial charge in [-0.1, -0.05) is 30.3 Å². The smallest absolute Gasteiger partial charge is 0.260 e. The monoisotopic (exact) mass is 396 g/mol. The second-order valence-corrected chi connectivity index (χ2v) is 7.17. The summed E-state index contributed by atoms with van der Waals surface area (Å²) in [7, 11) is 1.61. The molecule has 1 fully saturated rings. The molecule has 0 unspecified atom stereocenters. The fraction of sp³-hybridized carbons (Fsp3) is 0.391. The number of carbonyl (C=O) groups excluding carboxylic acids is 2. The number of benzene rings is 2. The van der Waals surface area contributed by atoms with Gasteiger partial charge in [0.15, 0.2) is 6.61 Å². The number of aryl methyl sites for hydroxylation is 1. The summed E-state index contributed by atoms with van der Waals surface area (Å²) < 4.78 is 10.7. The summed E-state index contributed by atoms with van der Waals surface area (Å²) in [5.74, 6) is 1.42. The third-order valence-corrected chi connectivity index (χ3v) is 5.12. The molecule has 0 aliphatic carbocycles. The zero-order chi connectivity index (χ0) is 20.5. The van der Waals surface area contributed by atoms with Crippen LogP contribution in [0.1, 0.15) is 24.8 Å². The third-order valence-electron chi connectivity index (χ3n) is 5.12. The van der Waals surface area contributed by atoms with Crippen molar-refractivity contribution in [3.63, 3.8) is 0 Å². The Labute approximate surface area is 171 Å². The summed E-state index contributed by atoms with van der Waals surface area (Å²) in [5.41, 5.74) is 1.17. The first-order chi connectivity index (χ1) is 14.1. The van der Waals surface area contributed by atoms with Crippen molar-refractivity contribution >= 4 is 11.8 Å². The van der Waals surface area contributed by atoms with Crippen molar-refractivity contribution in [2.45, 2.75) is 31.7 Å². The molecule has 1 aliphatic rings. The maximum absolute atomic E-state index is 12.4. The Morgan fingerprint density at radius 2 is 1.66 bits per heavy atom. The molecule has 0 spiro atoms. The standard InChI is InChI=1S/C23H28N2O4/c1-28-20-8-10-21(11-9-20)29-17-23(27)25-15-13-19(14-16-25)24-22(26)12-7-18-5-3-2-4-6-18/h2-6,8-11,19H,7,12-17H2,1H3,(H,24,26). The Bertz CT molecular complexity index is 784. The molecule has 1 N–H and O–H groups in total. The summed E-state index contributed by atoms with van der Waals surface area (Å²) >= 11 is 0. The van der Waals surface area contributed by atoms with E-state index in [9.17, 15) is 9.59 Å². The van der Waals surface area contributed by atoms with Crippen molar-refractivity contribution in [3.05, 3.63) is 60.2 Å². The average molecular weight is 396 g/mol. The van der Waals surface area contributed by atoms with Crippen molar-refractivity contribution in [1.29, 1.82) is 0 Å². The first-order valence-corrected chi connectivity index (χ1v) is 10.0. The first kappa shape index (κ1) is 20.7. The molecular weight excluding hydrogens is 368 g/mol. The van der Waals surface area contributed by atoms with Gasteiger partial charge in [0.25, 0.3) is 5.91 Å². The molecule has 1 saturated heterocycles. The van der Waals surface area contributed by atoms with Gasteiger partial charge in [0.2, 0.25) is 5.91 Å². The molecule has 2 aromatic rings. The molecule has 0 bridgehead atoms. The van der Waals surface area contributed by atoms with Crippen LogP contribution in [0.4, 0.5) is 0 Å². The maximum atomic E-state index is 12.4. The third kappa shape index (κ3) is 6.52. The normalized spacial score (nSPS) is 14.3. The van der Waals surface area contributed by atoms with Crippen LogP contribution in [-0.4, -0.2) is 49.6 Å². The highest BCUT2D eigenvalue weighted by molar-refractivity contribution is 5.78. The van der Waals surface area contributed by atoms with Crippen LogP contribution < -0.4 is 14.8 Å². The van der Waals surface area contributed by atoms with Crippen LogP contribution in [-0.2, 0) is 16.0 Å². The molecule has 2 amide bonds. The first-order valence-electron chi connectivity index (χ1n) is 10.0. The Morgan fingerprint density at radius 3 is 2.31 bits per heavy atom. The highest BCUT2D eigenvalue weighted by Gasteiger charge is 2.24. The van der Waals surface area contributed by atoms with E-state index >= 15 is 0 Å². The number of hydrogen-bond donors (Lipinski definition) is 1. The van der Waals surface area contributed by atoms with E-state index in [-0.39, 0.29) is 24.5 Å². The highest BCUT2D eigenvalue weighted by Crippen LogP contribution is 2.17. The second kappa shape index (κ2) is 10.5. The number of likely N-dealkylation sites (tertiary alicyclic amines) is 1. The lowest BCUT2D eigenvalue weighted by Crippen LogP contribution is -2.47. The molecule has 1 heterocycles. The van der Waals surface area contributed by atoms with E-state index in [2.05, 4.69) is 5.32 Å². The van der Waals surface area contributed by atoms with Crippen LogP contribution in [0, 0.1) is 0 Å². The molecular formula is C23H28N2O4. The topological polar surface area (TPSA) is 67.9 Å². The van der Waals surface area contributed by atoms with Gasteiger partial charge >= 0.3 is 0 Å². The molecule has 3 rings (SSSR count). The van der Waals surface area contributed by atoms with Crippen molar-refractivity contribution in [1.82, 2.24) is 10.2 Å². The minimum Gasteiger partial charge on any atom is -0.497 e. The zero-order valence-corrected chi connectivity index (χ0v) is 16.8. The molecule has 6 heteroatoms. The number of hydrogen-bond acceptors (Lipinski definition) is 4. The SMILES string of the molecule is COc1ccc(OCC(=O)N2CCC(NC(=O)CCc3ccccc3)CC2)cc1. The molecule has 154 valence electrons. The Morgan fingerprint density at radius 1 is 1.00 bits per heavy atom.